The standard InChI is InChI=1S/C18H21BrN4O3S2/c1-22(2)28(25,26)13-5-6-15-14(10-13)21-17(23(15)3)8-9-18(24)20-11-12-4-7-16(19)27-12/h4-7,10H,8-9,11H2,1-3H3,(H,20,24). The number of carbonyl (C=O) groups excluding carboxylic acids is 1. The van der Waals surface area contributed by atoms with E-state index in [1.807, 2.05) is 23.7 Å². The summed E-state index contributed by atoms with van der Waals surface area (Å²) in [5, 5.41) is 2.91. The summed E-state index contributed by atoms with van der Waals surface area (Å²) < 4.78 is 28.7. The molecule has 1 aromatic carbocycles. The molecule has 0 unspecified atom stereocenters. The fraction of sp³-hybridized carbons (Fsp3) is 0.333. The number of rotatable bonds is 7. The van der Waals surface area contributed by atoms with Gasteiger partial charge in [0.05, 0.1) is 26.3 Å². The van der Waals surface area contributed by atoms with Crippen molar-refractivity contribution >= 4 is 54.2 Å². The Hall–Kier alpha value is -1.75. The molecular weight excluding hydrogens is 464 g/mol. The molecule has 1 amide bonds. The molecule has 3 aromatic rings. The van der Waals surface area contributed by atoms with Crippen LogP contribution in [0.5, 0.6) is 0 Å². The van der Waals surface area contributed by atoms with Gasteiger partial charge in [0.15, 0.2) is 0 Å². The molecule has 10 heteroatoms. The van der Waals surface area contributed by atoms with Crippen LogP contribution in [-0.2, 0) is 34.8 Å². The molecule has 2 heterocycles. The molecule has 7 nitrogen and oxygen atoms in total. The number of aryl methyl sites for hydroxylation is 2. The number of thiophene rings is 1. The summed E-state index contributed by atoms with van der Waals surface area (Å²) in [6, 6.07) is 8.82. The maximum atomic E-state index is 12.3. The van der Waals surface area contributed by atoms with Crippen LogP contribution in [-0.4, -0.2) is 42.3 Å². The molecule has 0 fully saturated rings. The minimum absolute atomic E-state index is 0.0487. The van der Waals surface area contributed by atoms with Crippen molar-refractivity contribution < 1.29 is 13.2 Å². The van der Waals surface area contributed by atoms with Crippen molar-refractivity contribution in [2.45, 2.75) is 24.3 Å². The van der Waals surface area contributed by atoms with E-state index in [4.69, 9.17) is 0 Å². The van der Waals surface area contributed by atoms with E-state index in [-0.39, 0.29) is 10.8 Å². The highest BCUT2D eigenvalue weighted by Gasteiger charge is 2.19. The Morgan fingerprint density at radius 3 is 2.68 bits per heavy atom. The zero-order valence-electron chi connectivity index (χ0n) is 15.8. The van der Waals surface area contributed by atoms with E-state index in [0.29, 0.717) is 24.9 Å². The predicted molar refractivity (Wildman–Crippen MR) is 114 cm³/mol. The van der Waals surface area contributed by atoms with Gasteiger partial charge in [-0.2, -0.15) is 0 Å². The Balaban J connectivity index is 1.69. The van der Waals surface area contributed by atoms with Crippen molar-refractivity contribution in [1.29, 1.82) is 0 Å². The molecule has 28 heavy (non-hydrogen) atoms. The molecule has 0 aliphatic heterocycles. The van der Waals surface area contributed by atoms with Gasteiger partial charge in [-0.15, -0.1) is 11.3 Å². The van der Waals surface area contributed by atoms with Gasteiger partial charge < -0.3 is 9.88 Å². The summed E-state index contributed by atoms with van der Waals surface area (Å²) in [6.45, 7) is 0.503. The Morgan fingerprint density at radius 2 is 2.04 bits per heavy atom. The maximum absolute atomic E-state index is 12.3. The monoisotopic (exact) mass is 484 g/mol. The molecule has 0 aliphatic rings. The van der Waals surface area contributed by atoms with Gasteiger partial charge in [0.1, 0.15) is 5.82 Å². The molecule has 0 atom stereocenters. The first kappa shape index (κ1) is 21.0. The molecule has 0 aliphatic carbocycles. The molecule has 0 radical (unpaired) electrons. The van der Waals surface area contributed by atoms with Crippen LogP contribution in [0.3, 0.4) is 0 Å². The first-order valence-corrected chi connectivity index (χ1v) is 11.6. The van der Waals surface area contributed by atoms with Crippen molar-refractivity contribution in [3.8, 4) is 0 Å². The van der Waals surface area contributed by atoms with E-state index >= 15 is 0 Å². The van der Waals surface area contributed by atoms with Crippen molar-refractivity contribution in [3.63, 3.8) is 0 Å². The lowest BCUT2D eigenvalue weighted by molar-refractivity contribution is -0.121. The van der Waals surface area contributed by atoms with Crippen LogP contribution < -0.4 is 5.32 Å². The second kappa shape index (κ2) is 8.32. The third kappa shape index (κ3) is 4.45. The van der Waals surface area contributed by atoms with Crippen LogP contribution in [0.25, 0.3) is 11.0 Å². The number of amides is 1. The Morgan fingerprint density at radius 1 is 1.29 bits per heavy atom. The summed E-state index contributed by atoms with van der Waals surface area (Å²) in [5.41, 5.74) is 1.43. The van der Waals surface area contributed by atoms with Crippen LogP contribution in [0, 0.1) is 0 Å². The van der Waals surface area contributed by atoms with Crippen molar-refractivity contribution in [2.75, 3.05) is 14.1 Å². The van der Waals surface area contributed by atoms with E-state index in [2.05, 4.69) is 26.2 Å². The Labute approximate surface area is 176 Å². The second-order valence-corrected chi connectivity index (χ2v) is 11.2. The van der Waals surface area contributed by atoms with Gasteiger partial charge in [-0.25, -0.2) is 17.7 Å². The van der Waals surface area contributed by atoms with Crippen molar-refractivity contribution in [1.82, 2.24) is 19.2 Å². The van der Waals surface area contributed by atoms with Gasteiger partial charge in [-0.05, 0) is 46.3 Å². The number of hydrogen-bond acceptors (Lipinski definition) is 5. The highest BCUT2D eigenvalue weighted by Crippen LogP contribution is 2.23. The molecule has 0 saturated heterocycles. The lowest BCUT2D eigenvalue weighted by Crippen LogP contribution is -2.22. The minimum Gasteiger partial charge on any atom is -0.351 e. The maximum Gasteiger partial charge on any atom is 0.242 e. The number of sulfonamides is 1. The largest absolute Gasteiger partial charge is 0.351 e. The summed E-state index contributed by atoms with van der Waals surface area (Å²) in [4.78, 5) is 18.0. The van der Waals surface area contributed by atoms with Crippen LogP contribution in [0.15, 0.2) is 39.0 Å². The third-order valence-corrected chi connectivity index (χ3v) is 7.82. The first-order chi connectivity index (χ1) is 13.2. The zero-order chi connectivity index (χ0) is 20.5. The fourth-order valence-electron chi connectivity index (χ4n) is 2.77. The van der Waals surface area contributed by atoms with Crippen molar-refractivity contribution in [3.05, 3.63) is 44.8 Å². The number of halogens is 1. The van der Waals surface area contributed by atoms with Crippen LogP contribution >= 0.6 is 27.3 Å². The first-order valence-electron chi connectivity index (χ1n) is 8.57. The average molecular weight is 485 g/mol. The lowest BCUT2D eigenvalue weighted by Gasteiger charge is -2.10. The van der Waals surface area contributed by atoms with Gasteiger partial charge in [0.25, 0.3) is 0 Å². The number of hydrogen-bond donors (Lipinski definition) is 1. The summed E-state index contributed by atoms with van der Waals surface area (Å²) >= 11 is 4.99. The van der Waals surface area contributed by atoms with Gasteiger partial charge in [0.2, 0.25) is 15.9 Å². The number of imidazole rings is 1. The summed E-state index contributed by atoms with van der Waals surface area (Å²) in [5.74, 6) is 0.691. The molecule has 0 spiro atoms. The molecule has 1 N–H and O–H groups in total. The van der Waals surface area contributed by atoms with Gasteiger partial charge >= 0.3 is 0 Å². The van der Waals surface area contributed by atoms with E-state index in [0.717, 1.165) is 20.0 Å². The van der Waals surface area contributed by atoms with E-state index in [1.54, 1.807) is 29.5 Å². The highest BCUT2D eigenvalue weighted by molar-refractivity contribution is 9.11. The molecule has 2 aromatic heterocycles. The molecule has 0 saturated carbocycles. The average Bonchev–Trinajstić information content (AvgIpc) is 3.21. The second-order valence-electron chi connectivity index (χ2n) is 6.51. The van der Waals surface area contributed by atoms with Crippen LogP contribution in [0.2, 0.25) is 0 Å². The molecule has 0 bridgehead atoms. The number of nitrogens with one attached hydrogen (secondary N) is 1. The Kier molecular flexibility index (Phi) is 6.23. The predicted octanol–water partition coefficient (Wildman–Crippen LogP) is 2.90. The number of carbonyl (C=O) groups is 1. The Bertz CT molecular complexity index is 1120. The topological polar surface area (TPSA) is 84.3 Å². The molecule has 150 valence electrons. The fourth-order valence-corrected chi connectivity index (χ4v) is 5.12. The quantitative estimate of drug-likeness (QED) is 0.558. The SMILES string of the molecule is CN(C)S(=O)(=O)c1ccc2c(c1)nc(CCC(=O)NCc1ccc(Br)s1)n2C. The summed E-state index contributed by atoms with van der Waals surface area (Å²) in [6.07, 6.45) is 0.785. The van der Waals surface area contributed by atoms with E-state index in [1.165, 1.54) is 18.4 Å². The number of fused-ring (bicyclic) bond motifs is 1. The number of benzene rings is 1. The smallest absolute Gasteiger partial charge is 0.242 e. The normalized spacial score (nSPS) is 12.0. The van der Waals surface area contributed by atoms with Gasteiger partial charge in [-0.3, -0.25) is 4.79 Å². The number of aromatic nitrogens is 2. The minimum atomic E-state index is -3.51. The highest BCUT2D eigenvalue weighted by atomic mass is 79.9. The van der Waals surface area contributed by atoms with Gasteiger partial charge in [0, 0.05) is 38.9 Å². The number of nitrogens with zero attached hydrogens (tertiary/aromatic N) is 3. The van der Waals surface area contributed by atoms with Crippen LogP contribution in [0.1, 0.15) is 17.1 Å². The lowest BCUT2D eigenvalue weighted by atomic mass is 10.3. The van der Waals surface area contributed by atoms with Gasteiger partial charge in [-0.1, -0.05) is 0 Å². The van der Waals surface area contributed by atoms with E-state index < -0.39 is 10.0 Å². The van der Waals surface area contributed by atoms with E-state index in [9.17, 15) is 13.2 Å². The molecule has 3 rings (SSSR count). The van der Waals surface area contributed by atoms with Crippen molar-refractivity contribution in [2.24, 2.45) is 7.05 Å². The zero-order valence-corrected chi connectivity index (χ0v) is 19.0. The van der Waals surface area contributed by atoms with Crippen LogP contribution in [0.4, 0.5) is 0 Å². The molecular formula is C18H21BrN4O3S2. The summed E-state index contributed by atoms with van der Waals surface area (Å²) in [7, 11) is 1.35. The third-order valence-electron chi connectivity index (χ3n) is 4.39.